The highest BCUT2D eigenvalue weighted by Crippen LogP contribution is 2.18. The van der Waals surface area contributed by atoms with Crippen LogP contribution in [0.3, 0.4) is 0 Å². The first-order valence-corrected chi connectivity index (χ1v) is 9.06. The summed E-state index contributed by atoms with van der Waals surface area (Å²) in [7, 11) is 0. The predicted octanol–water partition coefficient (Wildman–Crippen LogP) is 2.84. The second-order valence-corrected chi connectivity index (χ2v) is 6.13. The lowest BCUT2D eigenvalue weighted by Gasteiger charge is -2.05. The first-order valence-electron chi connectivity index (χ1n) is 9.06. The molecule has 0 atom stereocenters. The van der Waals surface area contributed by atoms with Crippen LogP contribution in [-0.2, 0) is 17.9 Å². The fourth-order valence-corrected chi connectivity index (χ4v) is 2.44. The van der Waals surface area contributed by atoms with E-state index in [1.54, 1.807) is 0 Å². The highest BCUT2D eigenvalue weighted by atomic mass is 16.5. The molecule has 0 radical (unpaired) electrons. The Morgan fingerprint density at radius 1 is 1.11 bits per heavy atom. The molecule has 0 bridgehead atoms. The number of nitrogens with zero attached hydrogens (tertiary/aromatic N) is 4. The van der Waals surface area contributed by atoms with E-state index in [1.165, 1.54) is 4.80 Å². The summed E-state index contributed by atoms with van der Waals surface area (Å²) in [6.07, 6.45) is 2.13. The van der Waals surface area contributed by atoms with Gasteiger partial charge in [-0.15, -0.1) is 10.2 Å². The maximum Gasteiger partial charge on any atom is 0.243 e. The van der Waals surface area contributed by atoms with Gasteiger partial charge in [0.05, 0.1) is 6.61 Å². The number of nitrogens with one attached hydrogen (secondary N) is 1. The zero-order chi connectivity index (χ0) is 18.9. The number of carbonyl (C=O) groups excluding carboxylic acids is 1. The lowest BCUT2D eigenvalue weighted by Crippen LogP contribution is -2.28. The molecule has 0 aliphatic rings. The van der Waals surface area contributed by atoms with Gasteiger partial charge in [0, 0.05) is 12.1 Å². The minimum absolute atomic E-state index is 0.0258. The van der Waals surface area contributed by atoms with Gasteiger partial charge in [-0.05, 0) is 41.5 Å². The Balaban J connectivity index is 1.52. The molecule has 1 amide bonds. The van der Waals surface area contributed by atoms with E-state index < -0.39 is 0 Å². The van der Waals surface area contributed by atoms with Gasteiger partial charge in [0.25, 0.3) is 0 Å². The maximum absolute atomic E-state index is 12.0. The van der Waals surface area contributed by atoms with E-state index in [2.05, 4.69) is 27.7 Å². The molecule has 7 nitrogen and oxygen atoms in total. The van der Waals surface area contributed by atoms with E-state index in [0.29, 0.717) is 19.0 Å². The summed E-state index contributed by atoms with van der Waals surface area (Å²) in [4.78, 5) is 13.3. The van der Waals surface area contributed by atoms with Gasteiger partial charge in [0.1, 0.15) is 12.3 Å². The molecule has 0 aliphatic carbocycles. The third-order valence-corrected chi connectivity index (χ3v) is 3.95. The van der Waals surface area contributed by atoms with Crippen molar-refractivity contribution in [3.8, 4) is 17.1 Å². The van der Waals surface area contributed by atoms with Gasteiger partial charge in [0.2, 0.25) is 11.7 Å². The number of amides is 1. The highest BCUT2D eigenvalue weighted by molar-refractivity contribution is 5.75. The van der Waals surface area contributed by atoms with Crippen LogP contribution < -0.4 is 10.1 Å². The maximum atomic E-state index is 12.0. The number of hydrogen-bond acceptors (Lipinski definition) is 5. The number of tetrazole rings is 1. The largest absolute Gasteiger partial charge is 0.494 e. The van der Waals surface area contributed by atoms with Crippen molar-refractivity contribution in [3.05, 3.63) is 60.2 Å². The first-order chi connectivity index (χ1) is 13.2. The van der Waals surface area contributed by atoms with Gasteiger partial charge in [-0.25, -0.2) is 0 Å². The Bertz CT molecular complexity index is 846. The molecule has 7 heteroatoms. The van der Waals surface area contributed by atoms with Crippen molar-refractivity contribution in [1.29, 1.82) is 0 Å². The van der Waals surface area contributed by atoms with E-state index in [0.717, 1.165) is 29.7 Å². The summed E-state index contributed by atoms with van der Waals surface area (Å²) in [6, 6.07) is 17.3. The summed E-state index contributed by atoms with van der Waals surface area (Å²) < 4.78 is 5.64. The summed E-state index contributed by atoms with van der Waals surface area (Å²) in [5.41, 5.74) is 1.87. The van der Waals surface area contributed by atoms with Crippen LogP contribution in [0.4, 0.5) is 0 Å². The van der Waals surface area contributed by atoms with Crippen molar-refractivity contribution in [2.75, 3.05) is 6.61 Å². The second-order valence-electron chi connectivity index (χ2n) is 6.13. The van der Waals surface area contributed by atoms with Crippen LogP contribution in [0.2, 0.25) is 0 Å². The van der Waals surface area contributed by atoms with E-state index in [9.17, 15) is 4.79 Å². The van der Waals surface area contributed by atoms with Gasteiger partial charge in [0.15, 0.2) is 0 Å². The van der Waals surface area contributed by atoms with Gasteiger partial charge in [-0.3, -0.25) is 4.79 Å². The molecule has 0 aliphatic heterocycles. The van der Waals surface area contributed by atoms with Crippen LogP contribution in [0.15, 0.2) is 54.6 Å². The molecule has 0 unspecified atom stereocenters. The molecule has 3 aromatic rings. The number of ether oxygens (including phenoxy) is 1. The van der Waals surface area contributed by atoms with Gasteiger partial charge >= 0.3 is 0 Å². The summed E-state index contributed by atoms with van der Waals surface area (Å²) in [5.74, 6) is 1.13. The molecule has 0 spiro atoms. The van der Waals surface area contributed by atoms with Crippen molar-refractivity contribution in [1.82, 2.24) is 25.5 Å². The highest BCUT2D eigenvalue weighted by Gasteiger charge is 2.09. The lowest BCUT2D eigenvalue weighted by molar-refractivity contribution is -0.122. The molecule has 1 aromatic heterocycles. The molecule has 2 aromatic carbocycles. The molecule has 0 saturated heterocycles. The Morgan fingerprint density at radius 3 is 2.63 bits per heavy atom. The van der Waals surface area contributed by atoms with E-state index >= 15 is 0 Å². The minimum atomic E-state index is -0.164. The number of rotatable bonds is 9. The Morgan fingerprint density at radius 2 is 1.89 bits per heavy atom. The molecule has 0 fully saturated rings. The van der Waals surface area contributed by atoms with Crippen molar-refractivity contribution >= 4 is 5.91 Å². The SMILES string of the molecule is CCCCOc1ccc(-c2nnn(CC(=O)NCc3ccccc3)n2)cc1. The quantitative estimate of drug-likeness (QED) is 0.590. The van der Waals surface area contributed by atoms with Crippen LogP contribution in [0.1, 0.15) is 25.3 Å². The third-order valence-electron chi connectivity index (χ3n) is 3.95. The molecule has 0 saturated carbocycles. The number of unbranched alkanes of at least 4 members (excludes halogenated alkanes) is 1. The molecule has 3 rings (SSSR count). The van der Waals surface area contributed by atoms with Crippen molar-refractivity contribution in [3.63, 3.8) is 0 Å². The van der Waals surface area contributed by atoms with Crippen LogP contribution in [0.5, 0.6) is 5.75 Å². The topological polar surface area (TPSA) is 81.9 Å². The van der Waals surface area contributed by atoms with Gasteiger partial charge in [-0.2, -0.15) is 4.80 Å². The molecule has 1 N–H and O–H groups in total. The van der Waals surface area contributed by atoms with Crippen LogP contribution in [0, 0.1) is 0 Å². The average Bonchev–Trinajstić information content (AvgIpc) is 3.16. The predicted molar refractivity (Wildman–Crippen MR) is 102 cm³/mol. The van der Waals surface area contributed by atoms with Gasteiger partial charge in [-0.1, -0.05) is 43.7 Å². The Hall–Kier alpha value is -3.22. The van der Waals surface area contributed by atoms with Crippen molar-refractivity contribution in [2.45, 2.75) is 32.9 Å². The van der Waals surface area contributed by atoms with Crippen LogP contribution in [0.25, 0.3) is 11.4 Å². The summed E-state index contributed by atoms with van der Waals surface area (Å²) in [5, 5.41) is 15.1. The molecular weight excluding hydrogens is 342 g/mol. The van der Waals surface area contributed by atoms with Gasteiger partial charge < -0.3 is 10.1 Å². The Labute approximate surface area is 158 Å². The second kappa shape index (κ2) is 9.47. The smallest absolute Gasteiger partial charge is 0.243 e. The van der Waals surface area contributed by atoms with E-state index in [4.69, 9.17) is 4.74 Å². The zero-order valence-electron chi connectivity index (χ0n) is 15.3. The van der Waals surface area contributed by atoms with Crippen molar-refractivity contribution < 1.29 is 9.53 Å². The van der Waals surface area contributed by atoms with E-state index in [-0.39, 0.29) is 12.5 Å². The summed E-state index contributed by atoms with van der Waals surface area (Å²) >= 11 is 0. The average molecular weight is 365 g/mol. The number of benzene rings is 2. The molecule has 27 heavy (non-hydrogen) atoms. The van der Waals surface area contributed by atoms with Crippen LogP contribution >= 0.6 is 0 Å². The standard InChI is InChI=1S/C20H23N5O2/c1-2-3-13-27-18-11-9-17(10-12-18)20-22-24-25(23-20)15-19(26)21-14-16-7-5-4-6-8-16/h4-12H,2-3,13-15H2,1H3,(H,21,26). The van der Waals surface area contributed by atoms with Crippen molar-refractivity contribution in [2.24, 2.45) is 0 Å². The fourth-order valence-electron chi connectivity index (χ4n) is 2.44. The molecule has 1 heterocycles. The number of aromatic nitrogens is 4. The normalized spacial score (nSPS) is 10.6. The molecule has 140 valence electrons. The van der Waals surface area contributed by atoms with Crippen LogP contribution in [-0.4, -0.2) is 32.7 Å². The monoisotopic (exact) mass is 365 g/mol. The minimum Gasteiger partial charge on any atom is -0.494 e. The number of hydrogen-bond donors (Lipinski definition) is 1. The lowest BCUT2D eigenvalue weighted by atomic mass is 10.2. The Kier molecular flexibility index (Phi) is 6.51. The zero-order valence-corrected chi connectivity index (χ0v) is 15.3. The number of carbonyl (C=O) groups is 1. The molecular formula is C20H23N5O2. The van der Waals surface area contributed by atoms with E-state index in [1.807, 2.05) is 54.6 Å². The fraction of sp³-hybridized carbons (Fsp3) is 0.300. The third kappa shape index (κ3) is 5.64. The summed E-state index contributed by atoms with van der Waals surface area (Å²) in [6.45, 7) is 3.34. The first kappa shape index (κ1) is 18.6.